The Morgan fingerprint density at radius 2 is 1.78 bits per heavy atom. The fraction of sp³-hybridized carbons (Fsp3) is 0.300. The minimum atomic E-state index is -0.133. The SMILES string of the molecule is C=C(C)c1cc(CNc2ccc(N)cc2)cc(C(C)(C)C)c1O. The summed E-state index contributed by atoms with van der Waals surface area (Å²) in [6.45, 7) is 12.9. The second kappa shape index (κ2) is 6.37. The Balaban J connectivity index is 2.32. The molecule has 0 saturated carbocycles. The molecule has 0 heterocycles. The predicted molar refractivity (Wildman–Crippen MR) is 99.7 cm³/mol. The van der Waals surface area contributed by atoms with Crippen LogP contribution in [0.5, 0.6) is 5.75 Å². The molecule has 23 heavy (non-hydrogen) atoms. The number of benzene rings is 2. The molecule has 3 nitrogen and oxygen atoms in total. The van der Waals surface area contributed by atoms with E-state index in [-0.39, 0.29) is 5.41 Å². The maximum atomic E-state index is 10.5. The number of nitrogens with two attached hydrogens (primary N) is 1. The van der Waals surface area contributed by atoms with Gasteiger partial charge >= 0.3 is 0 Å². The summed E-state index contributed by atoms with van der Waals surface area (Å²) in [7, 11) is 0. The molecule has 0 amide bonds. The van der Waals surface area contributed by atoms with Gasteiger partial charge in [-0.25, -0.2) is 0 Å². The zero-order valence-corrected chi connectivity index (χ0v) is 14.4. The lowest BCUT2D eigenvalue weighted by Gasteiger charge is -2.23. The number of aromatic hydroxyl groups is 1. The molecule has 0 unspecified atom stereocenters. The Kier molecular flexibility index (Phi) is 4.69. The number of anilines is 2. The van der Waals surface area contributed by atoms with Crippen molar-refractivity contribution in [3.8, 4) is 5.75 Å². The van der Waals surface area contributed by atoms with E-state index in [9.17, 15) is 5.11 Å². The highest BCUT2D eigenvalue weighted by molar-refractivity contribution is 5.70. The predicted octanol–water partition coefficient (Wildman–Crippen LogP) is 4.92. The second-order valence-corrected chi connectivity index (χ2v) is 7.05. The molecule has 0 aliphatic heterocycles. The Bertz CT molecular complexity index is 710. The lowest BCUT2D eigenvalue weighted by Crippen LogP contribution is -2.13. The molecule has 2 aromatic rings. The van der Waals surface area contributed by atoms with Gasteiger partial charge < -0.3 is 16.2 Å². The molecular formula is C20H26N2O. The van der Waals surface area contributed by atoms with E-state index in [0.717, 1.165) is 33.6 Å². The van der Waals surface area contributed by atoms with E-state index in [1.165, 1.54) is 0 Å². The van der Waals surface area contributed by atoms with Gasteiger partial charge in [-0.05, 0) is 59.9 Å². The van der Waals surface area contributed by atoms with Gasteiger partial charge in [-0.3, -0.25) is 0 Å². The molecule has 3 heteroatoms. The van der Waals surface area contributed by atoms with E-state index >= 15 is 0 Å². The van der Waals surface area contributed by atoms with Crippen LogP contribution < -0.4 is 11.1 Å². The van der Waals surface area contributed by atoms with Crippen molar-refractivity contribution in [1.29, 1.82) is 0 Å². The van der Waals surface area contributed by atoms with E-state index in [0.29, 0.717) is 12.3 Å². The minimum absolute atomic E-state index is 0.133. The lowest BCUT2D eigenvalue weighted by atomic mass is 9.83. The fourth-order valence-corrected chi connectivity index (χ4v) is 2.50. The van der Waals surface area contributed by atoms with E-state index in [2.05, 4.69) is 38.7 Å². The topological polar surface area (TPSA) is 58.3 Å². The van der Waals surface area contributed by atoms with Crippen molar-refractivity contribution in [3.63, 3.8) is 0 Å². The zero-order chi connectivity index (χ0) is 17.2. The van der Waals surface area contributed by atoms with Crippen molar-refractivity contribution < 1.29 is 5.11 Å². The smallest absolute Gasteiger partial charge is 0.126 e. The molecule has 0 saturated heterocycles. The average Bonchev–Trinajstić information content (AvgIpc) is 2.46. The summed E-state index contributed by atoms with van der Waals surface area (Å²) in [4.78, 5) is 0. The summed E-state index contributed by atoms with van der Waals surface area (Å²) in [6, 6.07) is 11.7. The molecule has 2 rings (SSSR count). The highest BCUT2D eigenvalue weighted by Gasteiger charge is 2.21. The van der Waals surface area contributed by atoms with Crippen LogP contribution in [0.4, 0.5) is 11.4 Å². The van der Waals surface area contributed by atoms with E-state index in [4.69, 9.17) is 5.73 Å². The number of nitrogens with one attached hydrogen (secondary N) is 1. The van der Waals surface area contributed by atoms with Gasteiger partial charge in [-0.1, -0.05) is 27.4 Å². The van der Waals surface area contributed by atoms with Crippen molar-refractivity contribution in [2.75, 3.05) is 11.1 Å². The zero-order valence-electron chi connectivity index (χ0n) is 14.4. The van der Waals surface area contributed by atoms with Crippen LogP contribution in [0.25, 0.3) is 5.57 Å². The van der Waals surface area contributed by atoms with Crippen LogP contribution in [0.3, 0.4) is 0 Å². The quantitative estimate of drug-likeness (QED) is 0.703. The van der Waals surface area contributed by atoms with Crippen LogP contribution in [0, 0.1) is 0 Å². The number of phenolic OH excluding ortho intramolecular Hbond substituents is 1. The lowest BCUT2D eigenvalue weighted by molar-refractivity contribution is 0.444. The Morgan fingerprint density at radius 3 is 2.30 bits per heavy atom. The summed E-state index contributed by atoms with van der Waals surface area (Å²) in [5, 5.41) is 13.9. The number of hydrogen-bond acceptors (Lipinski definition) is 3. The van der Waals surface area contributed by atoms with Crippen LogP contribution in [-0.4, -0.2) is 5.11 Å². The molecule has 0 atom stereocenters. The molecule has 2 aromatic carbocycles. The highest BCUT2D eigenvalue weighted by Crippen LogP contribution is 2.37. The summed E-state index contributed by atoms with van der Waals surface area (Å²) >= 11 is 0. The third-order valence-electron chi connectivity index (χ3n) is 3.84. The van der Waals surface area contributed by atoms with Gasteiger partial charge in [-0.2, -0.15) is 0 Å². The molecule has 0 bridgehead atoms. The molecule has 0 aliphatic carbocycles. The maximum absolute atomic E-state index is 10.5. The van der Waals surface area contributed by atoms with Crippen molar-refractivity contribution >= 4 is 16.9 Å². The summed E-state index contributed by atoms with van der Waals surface area (Å²) in [6.07, 6.45) is 0. The Labute approximate surface area is 138 Å². The third-order valence-corrected chi connectivity index (χ3v) is 3.84. The minimum Gasteiger partial charge on any atom is -0.507 e. The first kappa shape index (κ1) is 16.9. The van der Waals surface area contributed by atoms with Crippen LogP contribution >= 0.6 is 0 Å². The number of hydrogen-bond donors (Lipinski definition) is 3. The van der Waals surface area contributed by atoms with Gasteiger partial charge in [0.25, 0.3) is 0 Å². The normalized spacial score (nSPS) is 11.3. The first-order valence-electron chi connectivity index (χ1n) is 7.80. The van der Waals surface area contributed by atoms with Gasteiger partial charge in [0.05, 0.1) is 0 Å². The van der Waals surface area contributed by atoms with Gasteiger partial charge in [0.1, 0.15) is 5.75 Å². The van der Waals surface area contributed by atoms with Crippen LogP contribution in [0.15, 0.2) is 43.0 Å². The van der Waals surface area contributed by atoms with Crippen molar-refractivity contribution in [1.82, 2.24) is 0 Å². The first-order valence-corrected chi connectivity index (χ1v) is 7.80. The summed E-state index contributed by atoms with van der Waals surface area (Å²) in [5.41, 5.74) is 11.1. The van der Waals surface area contributed by atoms with Gasteiger partial charge in [0.15, 0.2) is 0 Å². The molecule has 4 N–H and O–H groups in total. The first-order chi connectivity index (χ1) is 10.7. The van der Waals surface area contributed by atoms with E-state index in [1.807, 2.05) is 37.3 Å². The van der Waals surface area contributed by atoms with Crippen LogP contribution in [0.1, 0.15) is 44.4 Å². The standard InChI is InChI=1S/C20H26N2O/c1-13(2)17-10-14(11-18(19(17)23)20(3,4)5)12-22-16-8-6-15(21)7-9-16/h6-11,22-23H,1,12,21H2,2-5H3. The van der Waals surface area contributed by atoms with Crippen LogP contribution in [-0.2, 0) is 12.0 Å². The average molecular weight is 310 g/mol. The second-order valence-electron chi connectivity index (χ2n) is 7.05. The largest absolute Gasteiger partial charge is 0.507 e. The van der Waals surface area contributed by atoms with Gasteiger partial charge in [0.2, 0.25) is 0 Å². The molecule has 0 radical (unpaired) electrons. The number of nitrogen functional groups attached to an aromatic ring is 1. The van der Waals surface area contributed by atoms with Crippen LogP contribution in [0.2, 0.25) is 0 Å². The molecule has 122 valence electrons. The number of allylic oxidation sites excluding steroid dienone is 1. The van der Waals surface area contributed by atoms with Crippen molar-refractivity contribution in [2.45, 2.75) is 39.7 Å². The maximum Gasteiger partial charge on any atom is 0.126 e. The monoisotopic (exact) mass is 310 g/mol. The molecule has 0 spiro atoms. The molecule has 0 fully saturated rings. The van der Waals surface area contributed by atoms with E-state index in [1.54, 1.807) is 0 Å². The Hall–Kier alpha value is -2.42. The molecule has 0 aliphatic rings. The Morgan fingerprint density at radius 1 is 1.17 bits per heavy atom. The highest BCUT2D eigenvalue weighted by atomic mass is 16.3. The number of phenols is 1. The molecule has 0 aromatic heterocycles. The van der Waals surface area contributed by atoms with Crippen molar-refractivity contribution in [2.24, 2.45) is 0 Å². The summed E-state index contributed by atoms with van der Waals surface area (Å²) in [5.74, 6) is 0.334. The van der Waals surface area contributed by atoms with Gasteiger partial charge in [0, 0.05) is 29.0 Å². The van der Waals surface area contributed by atoms with Crippen molar-refractivity contribution in [3.05, 3.63) is 59.7 Å². The number of rotatable bonds is 4. The fourth-order valence-electron chi connectivity index (χ4n) is 2.50. The van der Waals surface area contributed by atoms with Gasteiger partial charge in [-0.15, -0.1) is 0 Å². The van der Waals surface area contributed by atoms with E-state index < -0.39 is 0 Å². The summed E-state index contributed by atoms with van der Waals surface area (Å²) < 4.78 is 0. The molecular weight excluding hydrogens is 284 g/mol. The third kappa shape index (κ3) is 4.07.